The molecule has 1 aromatic carbocycles. The average molecular weight is 269 g/mol. The number of nitrogen functional groups attached to an aromatic ring is 1. The van der Waals surface area contributed by atoms with Crippen LogP contribution in [0.3, 0.4) is 0 Å². The number of para-hydroxylation sites is 2. The van der Waals surface area contributed by atoms with Crippen molar-refractivity contribution in [2.45, 2.75) is 17.1 Å². The normalized spacial score (nSPS) is 10.8. The molecule has 0 amide bonds. The highest BCUT2D eigenvalue weighted by Crippen LogP contribution is 2.28. The van der Waals surface area contributed by atoms with Crippen LogP contribution < -0.4 is 5.73 Å². The van der Waals surface area contributed by atoms with Gasteiger partial charge in [0.25, 0.3) is 0 Å². The van der Waals surface area contributed by atoms with Crippen molar-refractivity contribution in [2.75, 3.05) is 5.73 Å². The first kappa shape index (κ1) is 11.9. The van der Waals surface area contributed by atoms with Gasteiger partial charge in [0.2, 0.25) is 0 Å². The van der Waals surface area contributed by atoms with Gasteiger partial charge < -0.3 is 5.73 Å². The SMILES string of the molecule is Cc1ccnc(Sc2nc3ccccc3nc2N)n1. The summed E-state index contributed by atoms with van der Waals surface area (Å²) in [6.45, 7) is 1.92. The summed E-state index contributed by atoms with van der Waals surface area (Å²) in [5.41, 5.74) is 8.43. The van der Waals surface area contributed by atoms with Gasteiger partial charge in [-0.25, -0.2) is 19.9 Å². The van der Waals surface area contributed by atoms with Crippen molar-refractivity contribution in [2.24, 2.45) is 0 Å². The highest BCUT2D eigenvalue weighted by atomic mass is 32.2. The third kappa shape index (κ3) is 2.48. The molecule has 0 spiro atoms. The third-order valence-electron chi connectivity index (χ3n) is 2.52. The van der Waals surface area contributed by atoms with E-state index in [1.165, 1.54) is 11.8 Å². The molecule has 3 aromatic rings. The van der Waals surface area contributed by atoms with Gasteiger partial charge in [-0.05, 0) is 36.9 Å². The molecule has 0 aliphatic carbocycles. The lowest BCUT2D eigenvalue weighted by Crippen LogP contribution is -1.98. The fourth-order valence-electron chi connectivity index (χ4n) is 1.63. The lowest BCUT2D eigenvalue weighted by molar-refractivity contribution is 0.928. The standard InChI is InChI=1S/C13H11N5S/c1-8-6-7-15-13(16-8)19-12-11(14)17-9-4-2-3-5-10(9)18-12/h2-7H,1H3,(H2,14,17). The van der Waals surface area contributed by atoms with Crippen molar-refractivity contribution >= 4 is 28.6 Å². The van der Waals surface area contributed by atoms with E-state index in [4.69, 9.17) is 5.73 Å². The molecular formula is C13H11N5S. The molecule has 94 valence electrons. The number of fused-ring (bicyclic) bond motifs is 1. The quantitative estimate of drug-likeness (QED) is 0.720. The zero-order chi connectivity index (χ0) is 13.2. The number of nitrogens with two attached hydrogens (primary N) is 1. The fraction of sp³-hybridized carbons (Fsp3) is 0.0769. The van der Waals surface area contributed by atoms with Crippen LogP contribution in [0.4, 0.5) is 5.82 Å². The molecule has 0 atom stereocenters. The molecular weight excluding hydrogens is 258 g/mol. The van der Waals surface area contributed by atoms with Crippen molar-refractivity contribution in [3.05, 3.63) is 42.2 Å². The van der Waals surface area contributed by atoms with Gasteiger partial charge in [0.1, 0.15) is 5.03 Å². The largest absolute Gasteiger partial charge is 0.381 e. The second kappa shape index (κ2) is 4.81. The van der Waals surface area contributed by atoms with Gasteiger partial charge in [0.05, 0.1) is 11.0 Å². The number of hydrogen-bond donors (Lipinski definition) is 1. The van der Waals surface area contributed by atoms with Crippen LogP contribution in [0, 0.1) is 6.92 Å². The molecule has 2 N–H and O–H groups in total. The molecule has 0 radical (unpaired) electrons. The Morgan fingerprint density at radius 3 is 2.47 bits per heavy atom. The number of anilines is 1. The molecule has 2 aromatic heterocycles. The number of rotatable bonds is 2. The molecule has 0 unspecified atom stereocenters. The molecule has 0 aliphatic heterocycles. The number of aryl methyl sites for hydroxylation is 1. The third-order valence-corrected chi connectivity index (χ3v) is 3.40. The molecule has 2 heterocycles. The van der Waals surface area contributed by atoms with Crippen molar-refractivity contribution in [1.82, 2.24) is 19.9 Å². The Balaban J connectivity index is 2.03. The fourth-order valence-corrected chi connectivity index (χ4v) is 2.40. The second-order valence-electron chi connectivity index (χ2n) is 3.99. The monoisotopic (exact) mass is 269 g/mol. The molecule has 0 saturated carbocycles. The number of nitrogens with zero attached hydrogens (tertiary/aromatic N) is 4. The Hall–Kier alpha value is -2.21. The van der Waals surface area contributed by atoms with E-state index >= 15 is 0 Å². The van der Waals surface area contributed by atoms with E-state index in [-0.39, 0.29) is 0 Å². The first-order chi connectivity index (χ1) is 9.22. The van der Waals surface area contributed by atoms with Crippen molar-refractivity contribution in [1.29, 1.82) is 0 Å². The summed E-state index contributed by atoms with van der Waals surface area (Å²) in [5.74, 6) is 0.397. The van der Waals surface area contributed by atoms with Gasteiger partial charge >= 0.3 is 0 Å². The summed E-state index contributed by atoms with van der Waals surface area (Å²) in [5, 5.41) is 1.25. The van der Waals surface area contributed by atoms with Crippen LogP contribution in [0.25, 0.3) is 11.0 Å². The molecule has 3 rings (SSSR count). The van der Waals surface area contributed by atoms with Gasteiger partial charge in [-0.3, -0.25) is 0 Å². The smallest absolute Gasteiger partial charge is 0.194 e. The zero-order valence-electron chi connectivity index (χ0n) is 10.2. The van der Waals surface area contributed by atoms with E-state index in [0.717, 1.165) is 16.7 Å². The first-order valence-electron chi connectivity index (χ1n) is 5.72. The molecule has 0 saturated heterocycles. The summed E-state index contributed by atoms with van der Waals surface area (Å²) in [4.78, 5) is 17.3. The van der Waals surface area contributed by atoms with Gasteiger partial charge in [0, 0.05) is 11.9 Å². The van der Waals surface area contributed by atoms with E-state index in [0.29, 0.717) is 16.0 Å². The highest BCUT2D eigenvalue weighted by molar-refractivity contribution is 7.99. The topological polar surface area (TPSA) is 77.6 Å². The number of benzene rings is 1. The number of hydrogen-bond acceptors (Lipinski definition) is 6. The Kier molecular flexibility index (Phi) is 3.00. The minimum atomic E-state index is 0.397. The molecule has 5 nitrogen and oxygen atoms in total. The lowest BCUT2D eigenvalue weighted by atomic mass is 10.3. The summed E-state index contributed by atoms with van der Waals surface area (Å²) in [6.07, 6.45) is 1.72. The van der Waals surface area contributed by atoms with Crippen LogP contribution in [-0.2, 0) is 0 Å². The van der Waals surface area contributed by atoms with E-state index in [1.807, 2.05) is 37.3 Å². The Labute approximate surface area is 114 Å². The predicted octanol–water partition coefficient (Wildman–Crippen LogP) is 2.46. The molecule has 0 aliphatic rings. The van der Waals surface area contributed by atoms with Crippen molar-refractivity contribution < 1.29 is 0 Å². The van der Waals surface area contributed by atoms with E-state index in [9.17, 15) is 0 Å². The Bertz CT molecular complexity index is 744. The average Bonchev–Trinajstić information content (AvgIpc) is 2.40. The van der Waals surface area contributed by atoms with Crippen LogP contribution >= 0.6 is 11.8 Å². The van der Waals surface area contributed by atoms with Crippen LogP contribution in [0.5, 0.6) is 0 Å². The lowest BCUT2D eigenvalue weighted by Gasteiger charge is -2.05. The maximum absolute atomic E-state index is 5.92. The van der Waals surface area contributed by atoms with Crippen LogP contribution in [0.1, 0.15) is 5.69 Å². The summed E-state index contributed by atoms with van der Waals surface area (Å²) in [6, 6.07) is 9.47. The van der Waals surface area contributed by atoms with Crippen LogP contribution in [0.2, 0.25) is 0 Å². The van der Waals surface area contributed by atoms with Crippen molar-refractivity contribution in [3.8, 4) is 0 Å². The second-order valence-corrected chi connectivity index (χ2v) is 4.94. The molecule has 6 heteroatoms. The maximum atomic E-state index is 5.92. The maximum Gasteiger partial charge on any atom is 0.194 e. The van der Waals surface area contributed by atoms with Gasteiger partial charge in [0.15, 0.2) is 11.0 Å². The summed E-state index contributed by atoms with van der Waals surface area (Å²) in [7, 11) is 0. The number of aromatic nitrogens is 4. The van der Waals surface area contributed by atoms with E-state index in [1.54, 1.807) is 6.20 Å². The summed E-state index contributed by atoms with van der Waals surface area (Å²) < 4.78 is 0. The van der Waals surface area contributed by atoms with Gasteiger partial charge in [-0.1, -0.05) is 12.1 Å². The van der Waals surface area contributed by atoms with Gasteiger partial charge in [-0.2, -0.15) is 0 Å². The van der Waals surface area contributed by atoms with Gasteiger partial charge in [-0.15, -0.1) is 0 Å². The molecule has 0 bridgehead atoms. The molecule has 19 heavy (non-hydrogen) atoms. The zero-order valence-corrected chi connectivity index (χ0v) is 11.1. The molecule has 0 fully saturated rings. The van der Waals surface area contributed by atoms with Crippen LogP contribution in [-0.4, -0.2) is 19.9 Å². The minimum absolute atomic E-state index is 0.397. The Morgan fingerprint density at radius 2 is 1.74 bits per heavy atom. The minimum Gasteiger partial charge on any atom is -0.381 e. The van der Waals surface area contributed by atoms with E-state index in [2.05, 4.69) is 19.9 Å². The summed E-state index contributed by atoms with van der Waals surface area (Å²) >= 11 is 1.32. The van der Waals surface area contributed by atoms with Crippen molar-refractivity contribution in [3.63, 3.8) is 0 Å². The first-order valence-corrected chi connectivity index (χ1v) is 6.54. The Morgan fingerprint density at radius 1 is 1.00 bits per heavy atom. The predicted molar refractivity (Wildman–Crippen MR) is 74.8 cm³/mol. The highest BCUT2D eigenvalue weighted by Gasteiger charge is 2.09. The van der Waals surface area contributed by atoms with Crippen LogP contribution in [0.15, 0.2) is 46.7 Å². The van der Waals surface area contributed by atoms with E-state index < -0.39 is 0 Å².